The van der Waals surface area contributed by atoms with Gasteiger partial charge < -0.3 is 5.32 Å². The average Bonchev–Trinajstić information content (AvgIpc) is 2.85. The summed E-state index contributed by atoms with van der Waals surface area (Å²) in [5.41, 5.74) is 2.15. The van der Waals surface area contributed by atoms with Crippen LogP contribution in [0.1, 0.15) is 38.2 Å². The molecule has 19 heavy (non-hydrogen) atoms. The number of rotatable bonds is 7. The van der Waals surface area contributed by atoms with Gasteiger partial charge in [0, 0.05) is 18.8 Å². The van der Waals surface area contributed by atoms with Gasteiger partial charge in [-0.05, 0) is 30.5 Å². The molecule has 1 aromatic carbocycles. The van der Waals surface area contributed by atoms with Crippen molar-refractivity contribution < 1.29 is 8.42 Å². The molecule has 0 amide bonds. The summed E-state index contributed by atoms with van der Waals surface area (Å²) in [6.07, 6.45) is 5.26. The summed E-state index contributed by atoms with van der Waals surface area (Å²) in [5.74, 6) is 0. The van der Waals surface area contributed by atoms with Crippen LogP contribution in [-0.2, 0) is 16.4 Å². The molecule has 1 aliphatic heterocycles. The first kappa shape index (κ1) is 14.3. The number of benzene rings is 1. The number of hydrogen-bond donors (Lipinski definition) is 2. The van der Waals surface area contributed by atoms with Crippen molar-refractivity contribution in [1.29, 1.82) is 0 Å². The molecule has 0 fully saturated rings. The molecule has 0 spiro atoms. The van der Waals surface area contributed by atoms with E-state index in [0.29, 0.717) is 11.4 Å². The molecule has 106 valence electrons. The van der Waals surface area contributed by atoms with Crippen LogP contribution in [0.2, 0.25) is 0 Å². The molecule has 0 atom stereocenters. The number of fused-ring (bicyclic) bond motifs is 1. The van der Waals surface area contributed by atoms with Gasteiger partial charge in [0.25, 0.3) is 0 Å². The second-order valence-corrected chi connectivity index (χ2v) is 6.72. The molecule has 1 aromatic rings. The smallest absolute Gasteiger partial charge is 0.240 e. The summed E-state index contributed by atoms with van der Waals surface area (Å²) < 4.78 is 26.9. The molecule has 0 saturated carbocycles. The highest BCUT2D eigenvalue weighted by molar-refractivity contribution is 7.89. The number of nitrogens with one attached hydrogen (secondary N) is 2. The highest BCUT2D eigenvalue weighted by Crippen LogP contribution is 2.25. The van der Waals surface area contributed by atoms with Crippen molar-refractivity contribution in [2.45, 2.75) is 43.9 Å². The van der Waals surface area contributed by atoms with Crippen molar-refractivity contribution in [3.8, 4) is 0 Å². The Kier molecular flexibility index (Phi) is 4.82. The van der Waals surface area contributed by atoms with E-state index >= 15 is 0 Å². The monoisotopic (exact) mass is 282 g/mol. The first-order valence-corrected chi connectivity index (χ1v) is 8.48. The van der Waals surface area contributed by atoms with Crippen molar-refractivity contribution >= 4 is 15.7 Å². The van der Waals surface area contributed by atoms with E-state index in [1.54, 1.807) is 12.1 Å². The molecule has 2 rings (SSSR count). The molecule has 0 radical (unpaired) electrons. The lowest BCUT2D eigenvalue weighted by atomic mass is 10.2. The van der Waals surface area contributed by atoms with Gasteiger partial charge in [0.1, 0.15) is 0 Å². The standard InChI is InChI=1S/C14H22N2O2S/c1-2-3-4-5-9-16-19(17,18)13-7-6-12-8-10-15-14(12)11-13/h6-7,11,15-16H,2-5,8-10H2,1H3. The summed E-state index contributed by atoms with van der Waals surface area (Å²) in [6, 6.07) is 5.33. The van der Waals surface area contributed by atoms with Gasteiger partial charge in [0.15, 0.2) is 0 Å². The van der Waals surface area contributed by atoms with E-state index in [2.05, 4.69) is 17.0 Å². The fourth-order valence-electron chi connectivity index (χ4n) is 2.28. The van der Waals surface area contributed by atoms with Gasteiger partial charge in [-0.15, -0.1) is 0 Å². The maximum atomic E-state index is 12.1. The summed E-state index contributed by atoms with van der Waals surface area (Å²) in [7, 11) is -3.36. The van der Waals surface area contributed by atoms with Crippen molar-refractivity contribution in [3.63, 3.8) is 0 Å². The predicted octanol–water partition coefficient (Wildman–Crippen LogP) is 2.51. The Balaban J connectivity index is 1.95. The zero-order valence-electron chi connectivity index (χ0n) is 11.4. The van der Waals surface area contributed by atoms with Crippen molar-refractivity contribution in [2.24, 2.45) is 0 Å². The van der Waals surface area contributed by atoms with E-state index in [1.165, 1.54) is 5.56 Å². The Morgan fingerprint density at radius 2 is 2.11 bits per heavy atom. The van der Waals surface area contributed by atoms with Crippen LogP contribution >= 0.6 is 0 Å². The van der Waals surface area contributed by atoms with E-state index in [1.807, 2.05) is 6.07 Å². The molecule has 0 bridgehead atoms. The van der Waals surface area contributed by atoms with Crippen LogP contribution in [0.5, 0.6) is 0 Å². The maximum absolute atomic E-state index is 12.1. The second kappa shape index (κ2) is 6.39. The quantitative estimate of drug-likeness (QED) is 0.756. The third kappa shape index (κ3) is 3.70. The lowest BCUT2D eigenvalue weighted by molar-refractivity contribution is 0.573. The molecule has 4 nitrogen and oxygen atoms in total. The molecule has 2 N–H and O–H groups in total. The van der Waals surface area contributed by atoms with Crippen LogP contribution in [0.4, 0.5) is 5.69 Å². The number of anilines is 1. The van der Waals surface area contributed by atoms with E-state index in [9.17, 15) is 8.42 Å². The minimum atomic E-state index is -3.36. The Morgan fingerprint density at radius 1 is 1.26 bits per heavy atom. The minimum absolute atomic E-state index is 0.358. The molecular weight excluding hydrogens is 260 g/mol. The molecule has 0 aromatic heterocycles. The highest BCUT2D eigenvalue weighted by atomic mass is 32.2. The molecule has 5 heteroatoms. The van der Waals surface area contributed by atoms with Crippen LogP contribution in [0.3, 0.4) is 0 Å². The van der Waals surface area contributed by atoms with E-state index in [-0.39, 0.29) is 0 Å². The molecule has 0 aliphatic carbocycles. The normalized spacial score (nSPS) is 14.2. The molecule has 0 unspecified atom stereocenters. The first-order valence-electron chi connectivity index (χ1n) is 7.00. The number of unbranched alkanes of at least 4 members (excludes halogenated alkanes) is 3. The Morgan fingerprint density at radius 3 is 2.89 bits per heavy atom. The fourth-order valence-corrected chi connectivity index (χ4v) is 3.38. The van der Waals surface area contributed by atoms with Gasteiger partial charge in [0.2, 0.25) is 10.0 Å². The molecule has 1 aliphatic rings. The Labute approximate surface area is 115 Å². The molecule has 0 saturated heterocycles. The van der Waals surface area contributed by atoms with Crippen LogP contribution in [-0.4, -0.2) is 21.5 Å². The van der Waals surface area contributed by atoms with Crippen molar-refractivity contribution in [1.82, 2.24) is 4.72 Å². The van der Waals surface area contributed by atoms with E-state index in [4.69, 9.17) is 0 Å². The van der Waals surface area contributed by atoms with Crippen LogP contribution in [0, 0.1) is 0 Å². The third-order valence-electron chi connectivity index (χ3n) is 3.42. The summed E-state index contributed by atoms with van der Waals surface area (Å²) in [5, 5.41) is 3.20. The van der Waals surface area contributed by atoms with E-state index in [0.717, 1.165) is 44.3 Å². The fraction of sp³-hybridized carbons (Fsp3) is 0.571. The summed E-state index contributed by atoms with van der Waals surface area (Å²) in [4.78, 5) is 0.358. The molecular formula is C14H22N2O2S. The Hall–Kier alpha value is -1.07. The van der Waals surface area contributed by atoms with Crippen molar-refractivity contribution in [2.75, 3.05) is 18.4 Å². The van der Waals surface area contributed by atoms with Gasteiger partial charge >= 0.3 is 0 Å². The highest BCUT2D eigenvalue weighted by Gasteiger charge is 2.17. The largest absolute Gasteiger partial charge is 0.384 e. The predicted molar refractivity (Wildman–Crippen MR) is 78.0 cm³/mol. The van der Waals surface area contributed by atoms with Gasteiger partial charge in [-0.25, -0.2) is 13.1 Å². The number of sulfonamides is 1. The number of hydrogen-bond acceptors (Lipinski definition) is 3. The van der Waals surface area contributed by atoms with Crippen molar-refractivity contribution in [3.05, 3.63) is 23.8 Å². The van der Waals surface area contributed by atoms with E-state index < -0.39 is 10.0 Å². The van der Waals surface area contributed by atoms with Crippen LogP contribution in [0.25, 0.3) is 0 Å². The Bertz CT molecular complexity index is 526. The maximum Gasteiger partial charge on any atom is 0.240 e. The average molecular weight is 282 g/mol. The summed E-state index contributed by atoms with van der Waals surface area (Å²) >= 11 is 0. The lowest BCUT2D eigenvalue weighted by Gasteiger charge is -2.08. The SMILES string of the molecule is CCCCCCNS(=O)(=O)c1ccc2c(c1)NCC2. The van der Waals surface area contributed by atoms with Crippen LogP contribution < -0.4 is 10.0 Å². The lowest BCUT2D eigenvalue weighted by Crippen LogP contribution is -2.24. The first-order chi connectivity index (χ1) is 9.13. The zero-order chi connectivity index (χ0) is 13.7. The minimum Gasteiger partial charge on any atom is -0.384 e. The van der Waals surface area contributed by atoms with Crippen LogP contribution in [0.15, 0.2) is 23.1 Å². The second-order valence-electron chi connectivity index (χ2n) is 4.95. The third-order valence-corrected chi connectivity index (χ3v) is 4.88. The van der Waals surface area contributed by atoms with Gasteiger partial charge in [0.05, 0.1) is 4.90 Å². The summed E-state index contributed by atoms with van der Waals surface area (Å²) in [6.45, 7) is 3.55. The topological polar surface area (TPSA) is 58.2 Å². The molecule has 1 heterocycles. The van der Waals surface area contributed by atoms with Gasteiger partial charge in [-0.1, -0.05) is 32.3 Å². The zero-order valence-corrected chi connectivity index (χ0v) is 12.2. The van der Waals surface area contributed by atoms with Gasteiger partial charge in [-0.2, -0.15) is 0 Å². The van der Waals surface area contributed by atoms with Gasteiger partial charge in [-0.3, -0.25) is 0 Å².